The number of carboxylic acids is 2. The van der Waals surface area contributed by atoms with E-state index in [-0.39, 0.29) is 49.4 Å². The maximum atomic E-state index is 12.4. The molecule has 170 valence electrons. The van der Waals surface area contributed by atoms with E-state index in [1.807, 2.05) is 18.0 Å². The maximum Gasteiger partial charge on any atom is 1.00 e. The number of aryl methyl sites for hydroxylation is 1. The second kappa shape index (κ2) is 11.4. The zero-order valence-corrected chi connectivity index (χ0v) is 21.2. The molecular formula is C21H23N4NaO6S. The minimum atomic E-state index is -1.29. The molecule has 0 saturated carbocycles. The molecule has 0 aliphatic heterocycles. The number of aromatic nitrogens is 2. The van der Waals surface area contributed by atoms with Crippen LogP contribution in [0.2, 0.25) is 0 Å². The quantitative estimate of drug-likeness (QED) is 0.286. The van der Waals surface area contributed by atoms with Gasteiger partial charge in [0.25, 0.3) is 11.5 Å². The van der Waals surface area contributed by atoms with Gasteiger partial charge in [-0.3, -0.25) is 14.4 Å². The molecular weight excluding hydrogens is 459 g/mol. The van der Waals surface area contributed by atoms with Gasteiger partial charge in [0.15, 0.2) is 0 Å². The molecule has 1 amide bonds. The van der Waals surface area contributed by atoms with E-state index in [1.54, 1.807) is 31.2 Å². The molecule has 0 radical (unpaired) electrons. The number of carbonyl (C=O) groups excluding carboxylic acids is 1. The number of hydrogen-bond donors (Lipinski definition) is 4. The van der Waals surface area contributed by atoms with E-state index >= 15 is 0 Å². The van der Waals surface area contributed by atoms with Crippen LogP contribution >= 0.6 is 11.3 Å². The van der Waals surface area contributed by atoms with Crippen LogP contribution in [0.15, 0.2) is 35.1 Å². The van der Waals surface area contributed by atoms with Crippen molar-refractivity contribution in [2.24, 2.45) is 0 Å². The van der Waals surface area contributed by atoms with E-state index in [9.17, 15) is 24.3 Å². The van der Waals surface area contributed by atoms with E-state index < -0.39 is 23.9 Å². The third kappa shape index (κ3) is 6.87. The Morgan fingerprint density at radius 1 is 1.24 bits per heavy atom. The Bertz CT molecular complexity index is 1250. The summed E-state index contributed by atoms with van der Waals surface area (Å²) in [5, 5.41) is 21.6. The molecule has 4 N–H and O–H groups in total. The van der Waals surface area contributed by atoms with Gasteiger partial charge in [-0.2, -0.15) is 0 Å². The number of carbonyl (C=O) groups is 3. The Kier molecular flexibility index (Phi) is 9.17. The number of H-pyrrole nitrogens is 1. The van der Waals surface area contributed by atoms with Gasteiger partial charge in [-0.1, -0.05) is 6.07 Å². The van der Waals surface area contributed by atoms with Gasteiger partial charge in [0.05, 0.1) is 20.8 Å². The van der Waals surface area contributed by atoms with Crippen molar-refractivity contribution in [1.82, 2.24) is 15.3 Å². The molecule has 3 aromatic rings. The molecule has 0 aliphatic rings. The summed E-state index contributed by atoms with van der Waals surface area (Å²) in [6.45, 7) is 2.19. The van der Waals surface area contributed by atoms with Crippen molar-refractivity contribution in [2.75, 3.05) is 11.9 Å². The van der Waals surface area contributed by atoms with Crippen molar-refractivity contribution in [3.8, 4) is 0 Å². The van der Waals surface area contributed by atoms with E-state index in [1.165, 1.54) is 11.3 Å². The minimum Gasteiger partial charge on any atom is -1.00 e. The molecule has 0 bridgehead atoms. The number of hydrogen-bond acceptors (Lipinski definition) is 7. The number of thiophene rings is 1. The number of amides is 1. The monoisotopic (exact) mass is 482 g/mol. The number of aliphatic carboxylic acids is 2. The smallest absolute Gasteiger partial charge is 1.00 e. The summed E-state index contributed by atoms with van der Waals surface area (Å²) in [6, 6.07) is 7.49. The van der Waals surface area contributed by atoms with E-state index in [2.05, 4.69) is 15.3 Å². The Balaban J connectivity index is 0.00000289. The van der Waals surface area contributed by atoms with Crippen LogP contribution in [-0.2, 0) is 16.1 Å². The normalized spacial score (nSPS) is 11.5. The number of nitrogens with one attached hydrogen (secondary N) is 2. The maximum absolute atomic E-state index is 12.4. The zero-order chi connectivity index (χ0) is 23.4. The second-order valence-corrected chi connectivity index (χ2v) is 8.36. The van der Waals surface area contributed by atoms with Crippen LogP contribution < -0.4 is 45.3 Å². The number of rotatable bonds is 9. The number of anilines is 1. The van der Waals surface area contributed by atoms with Gasteiger partial charge in [-0.05, 0) is 43.2 Å². The van der Waals surface area contributed by atoms with Gasteiger partial charge in [0, 0.05) is 20.0 Å². The summed E-state index contributed by atoms with van der Waals surface area (Å²) < 4.78 is 0. The van der Waals surface area contributed by atoms with E-state index in [0.717, 1.165) is 10.6 Å². The standard InChI is InChI=1S/C21H22N4O6S.Na.H/c1-11-22-14-4-3-12(9-13(14)19(28)23-11)10-25(2)17-7-6-16(32-17)20(29)24-15(21(30)31)5-8-18(26)27;;/h3-4,6-7,9,15H,5,8,10H2,1-2H3,(H,24,29)(H,26,27)(H,30,31)(H,22,23,28);;/q;+1;-1. The largest absolute Gasteiger partial charge is 1.00 e. The number of aromatic amines is 1. The first-order valence-electron chi connectivity index (χ1n) is 9.70. The van der Waals surface area contributed by atoms with Crippen LogP contribution in [0.25, 0.3) is 10.9 Å². The molecule has 2 aromatic heterocycles. The van der Waals surface area contributed by atoms with Crippen LogP contribution in [0.5, 0.6) is 0 Å². The molecule has 33 heavy (non-hydrogen) atoms. The minimum absolute atomic E-state index is 0. The molecule has 0 fully saturated rings. The van der Waals surface area contributed by atoms with Crippen LogP contribution in [0.3, 0.4) is 0 Å². The van der Waals surface area contributed by atoms with Crippen LogP contribution in [0.4, 0.5) is 5.00 Å². The Morgan fingerprint density at radius 3 is 2.64 bits per heavy atom. The predicted molar refractivity (Wildman–Crippen MR) is 120 cm³/mol. The van der Waals surface area contributed by atoms with Gasteiger partial charge < -0.3 is 26.8 Å². The third-order valence-electron chi connectivity index (χ3n) is 4.75. The molecule has 2 heterocycles. The van der Waals surface area contributed by atoms with Crippen molar-refractivity contribution in [2.45, 2.75) is 32.4 Å². The zero-order valence-electron chi connectivity index (χ0n) is 19.4. The SMILES string of the molecule is Cc1nc2ccc(CN(C)c3ccc(C(=O)NC(CCC(=O)O)C(=O)O)s3)cc2c(=O)[nH]1.[H-].[Na+]. The van der Waals surface area contributed by atoms with Crippen LogP contribution in [-0.4, -0.2) is 51.1 Å². The predicted octanol–water partition coefficient (Wildman–Crippen LogP) is -0.906. The number of fused-ring (bicyclic) bond motifs is 1. The third-order valence-corrected chi connectivity index (χ3v) is 5.95. The van der Waals surface area contributed by atoms with Crippen molar-refractivity contribution in [3.05, 3.63) is 57.0 Å². The number of carboxylic acid groups (broad SMARTS) is 2. The van der Waals surface area contributed by atoms with Crippen LogP contribution in [0.1, 0.15) is 35.3 Å². The fourth-order valence-electron chi connectivity index (χ4n) is 3.16. The molecule has 0 saturated heterocycles. The van der Waals surface area contributed by atoms with Gasteiger partial charge in [0.1, 0.15) is 11.9 Å². The van der Waals surface area contributed by atoms with Gasteiger partial charge in [0.2, 0.25) is 0 Å². The molecule has 0 aliphatic carbocycles. The fourth-order valence-corrected chi connectivity index (χ4v) is 4.03. The van der Waals surface area contributed by atoms with Gasteiger partial charge in [-0.15, -0.1) is 11.3 Å². The molecule has 1 atom stereocenters. The first kappa shape index (κ1) is 26.5. The molecule has 3 rings (SSSR count). The Hall–Kier alpha value is -2.73. The first-order valence-corrected chi connectivity index (χ1v) is 10.5. The van der Waals surface area contributed by atoms with Gasteiger partial charge >= 0.3 is 41.5 Å². The first-order chi connectivity index (χ1) is 15.1. The molecule has 0 spiro atoms. The molecule has 1 unspecified atom stereocenters. The summed E-state index contributed by atoms with van der Waals surface area (Å²) in [5.74, 6) is -2.45. The summed E-state index contributed by atoms with van der Waals surface area (Å²) in [5.41, 5.74) is 1.29. The molecule has 10 nitrogen and oxygen atoms in total. The van der Waals surface area contributed by atoms with Gasteiger partial charge in [-0.25, -0.2) is 9.78 Å². The Morgan fingerprint density at radius 2 is 1.97 bits per heavy atom. The van der Waals surface area contributed by atoms with Crippen molar-refractivity contribution in [1.29, 1.82) is 0 Å². The topological polar surface area (TPSA) is 153 Å². The average Bonchev–Trinajstić information content (AvgIpc) is 3.21. The fraction of sp³-hybridized carbons (Fsp3) is 0.286. The number of nitrogens with zero attached hydrogens (tertiary/aromatic N) is 2. The second-order valence-electron chi connectivity index (χ2n) is 7.29. The summed E-state index contributed by atoms with van der Waals surface area (Å²) >= 11 is 1.18. The number of benzene rings is 1. The van der Waals surface area contributed by atoms with Crippen LogP contribution in [0, 0.1) is 6.92 Å². The van der Waals surface area contributed by atoms with Crippen molar-refractivity contribution >= 4 is 45.1 Å². The molecule has 1 aromatic carbocycles. The van der Waals surface area contributed by atoms with E-state index in [4.69, 9.17) is 5.11 Å². The summed E-state index contributed by atoms with van der Waals surface area (Å²) in [4.78, 5) is 55.8. The van der Waals surface area contributed by atoms with Crippen molar-refractivity contribution < 1.29 is 55.6 Å². The van der Waals surface area contributed by atoms with E-state index in [0.29, 0.717) is 28.1 Å². The summed E-state index contributed by atoms with van der Waals surface area (Å²) in [7, 11) is 1.84. The molecule has 12 heteroatoms. The Labute approximate surface area is 216 Å². The summed E-state index contributed by atoms with van der Waals surface area (Å²) in [6.07, 6.45) is -0.566. The average molecular weight is 482 g/mol. The van der Waals surface area contributed by atoms with Crippen molar-refractivity contribution in [3.63, 3.8) is 0 Å².